The summed E-state index contributed by atoms with van der Waals surface area (Å²) in [6.45, 7) is 2.79. The van der Waals surface area contributed by atoms with Gasteiger partial charge < -0.3 is 19.9 Å². The van der Waals surface area contributed by atoms with Gasteiger partial charge in [-0.25, -0.2) is 4.79 Å². The predicted molar refractivity (Wildman–Crippen MR) is 138 cm³/mol. The molecule has 0 fully saturated rings. The van der Waals surface area contributed by atoms with E-state index in [9.17, 15) is 9.90 Å². The molecule has 0 heterocycles. The van der Waals surface area contributed by atoms with E-state index in [-0.39, 0.29) is 24.0 Å². The van der Waals surface area contributed by atoms with E-state index in [1.54, 1.807) is 19.2 Å². The number of nitrogens with one attached hydrogen (secondary N) is 1. The molecule has 2 N–H and O–H groups in total. The average molecular weight is 478 g/mol. The molecule has 0 amide bonds. The molecule has 4 rings (SSSR count). The third-order valence-corrected chi connectivity index (χ3v) is 5.87. The lowest BCUT2D eigenvalue weighted by Gasteiger charge is -2.17. The SMILES string of the molecule is COc1cccc([C@@H](C)NCc2cc(-c3ccc(OC)c(C(=O)O)c3)c3ccccc3c2)c1.Cl. The number of carbonyl (C=O) groups is 1. The molecule has 4 aromatic rings. The first-order valence-electron chi connectivity index (χ1n) is 10.8. The van der Waals surface area contributed by atoms with Crippen molar-refractivity contribution in [3.05, 3.63) is 95.6 Å². The Labute approximate surface area is 205 Å². The van der Waals surface area contributed by atoms with Crippen LogP contribution >= 0.6 is 12.4 Å². The minimum absolute atomic E-state index is 0. The molecule has 0 saturated heterocycles. The van der Waals surface area contributed by atoms with Crippen molar-refractivity contribution in [2.45, 2.75) is 19.5 Å². The van der Waals surface area contributed by atoms with Gasteiger partial charge in [-0.1, -0.05) is 42.5 Å². The number of benzene rings is 4. The Morgan fingerprint density at radius 1 is 0.941 bits per heavy atom. The highest BCUT2D eigenvalue weighted by molar-refractivity contribution is 5.99. The van der Waals surface area contributed by atoms with E-state index in [1.165, 1.54) is 7.11 Å². The summed E-state index contributed by atoms with van der Waals surface area (Å²) in [6, 6.07) is 25.9. The second kappa shape index (κ2) is 11.1. The minimum atomic E-state index is -1.01. The topological polar surface area (TPSA) is 67.8 Å². The molecule has 0 saturated carbocycles. The van der Waals surface area contributed by atoms with Crippen molar-refractivity contribution in [1.82, 2.24) is 5.32 Å². The molecule has 176 valence electrons. The van der Waals surface area contributed by atoms with E-state index in [2.05, 4.69) is 42.6 Å². The maximum absolute atomic E-state index is 11.8. The summed E-state index contributed by atoms with van der Waals surface area (Å²) >= 11 is 0. The largest absolute Gasteiger partial charge is 0.497 e. The molecule has 5 nitrogen and oxygen atoms in total. The minimum Gasteiger partial charge on any atom is -0.497 e. The summed E-state index contributed by atoms with van der Waals surface area (Å²) in [5.41, 5.74) is 4.24. The molecule has 0 aliphatic carbocycles. The summed E-state index contributed by atoms with van der Waals surface area (Å²) < 4.78 is 10.6. The quantitative estimate of drug-likeness (QED) is 0.303. The molecule has 34 heavy (non-hydrogen) atoms. The van der Waals surface area contributed by atoms with Crippen LogP contribution in [-0.4, -0.2) is 25.3 Å². The number of carboxylic acid groups (broad SMARTS) is 1. The third-order valence-electron chi connectivity index (χ3n) is 5.87. The van der Waals surface area contributed by atoms with Gasteiger partial charge in [-0.2, -0.15) is 0 Å². The maximum Gasteiger partial charge on any atom is 0.339 e. The molecular weight excluding hydrogens is 450 g/mol. The number of carboxylic acids is 1. The average Bonchev–Trinajstić information content (AvgIpc) is 2.86. The number of aromatic carboxylic acids is 1. The van der Waals surface area contributed by atoms with E-state index in [0.717, 1.165) is 38.8 Å². The summed E-state index contributed by atoms with van der Waals surface area (Å²) in [5.74, 6) is 0.173. The van der Waals surface area contributed by atoms with Crippen LogP contribution in [0, 0.1) is 0 Å². The standard InChI is InChI=1S/C28H27NO4.ClH/c1-18(20-8-6-9-23(15-20)32-2)29-17-19-13-21-7-4-5-10-24(21)25(14-19)22-11-12-27(33-3)26(16-22)28(30)31;/h4-16,18,29H,17H2,1-3H3,(H,30,31);1H/t18-;/m1./s1. The first-order chi connectivity index (χ1) is 16.0. The fourth-order valence-electron chi connectivity index (χ4n) is 4.06. The van der Waals surface area contributed by atoms with Crippen molar-refractivity contribution in [2.75, 3.05) is 14.2 Å². The fourth-order valence-corrected chi connectivity index (χ4v) is 4.06. The molecule has 1 atom stereocenters. The molecule has 0 bridgehead atoms. The predicted octanol–water partition coefficient (Wildman–Crippen LogP) is 6.49. The number of hydrogen-bond acceptors (Lipinski definition) is 4. The molecule has 0 spiro atoms. The number of halogens is 1. The summed E-state index contributed by atoms with van der Waals surface area (Å²) in [5, 5.41) is 15.4. The highest BCUT2D eigenvalue weighted by atomic mass is 35.5. The van der Waals surface area contributed by atoms with Gasteiger partial charge in [0, 0.05) is 12.6 Å². The number of methoxy groups -OCH3 is 2. The lowest BCUT2D eigenvalue weighted by atomic mass is 9.94. The summed E-state index contributed by atoms with van der Waals surface area (Å²) in [7, 11) is 3.15. The molecule has 6 heteroatoms. The third kappa shape index (κ3) is 5.33. The number of ether oxygens (including phenoxy) is 2. The van der Waals surface area contributed by atoms with Gasteiger partial charge in [-0.05, 0) is 76.3 Å². The molecule has 0 unspecified atom stereocenters. The Hall–Kier alpha value is -3.54. The van der Waals surface area contributed by atoms with Crippen molar-refractivity contribution < 1.29 is 19.4 Å². The lowest BCUT2D eigenvalue weighted by Crippen LogP contribution is -2.18. The monoisotopic (exact) mass is 477 g/mol. The van der Waals surface area contributed by atoms with Gasteiger partial charge in [0.1, 0.15) is 17.1 Å². The second-order valence-electron chi connectivity index (χ2n) is 7.96. The van der Waals surface area contributed by atoms with Crippen molar-refractivity contribution in [3.8, 4) is 22.6 Å². The van der Waals surface area contributed by atoms with Crippen LogP contribution in [0.2, 0.25) is 0 Å². The molecule has 0 radical (unpaired) electrons. The van der Waals surface area contributed by atoms with E-state index >= 15 is 0 Å². The van der Waals surface area contributed by atoms with Crippen LogP contribution in [0.3, 0.4) is 0 Å². The second-order valence-corrected chi connectivity index (χ2v) is 7.96. The molecule has 0 aliphatic rings. The van der Waals surface area contributed by atoms with Crippen molar-refractivity contribution in [2.24, 2.45) is 0 Å². The fraction of sp³-hybridized carbons (Fsp3) is 0.179. The van der Waals surface area contributed by atoms with Gasteiger partial charge in [0.15, 0.2) is 0 Å². The van der Waals surface area contributed by atoms with Crippen LogP contribution in [0.15, 0.2) is 78.9 Å². The van der Waals surface area contributed by atoms with E-state index in [0.29, 0.717) is 12.3 Å². The first kappa shape index (κ1) is 25.1. The Morgan fingerprint density at radius 3 is 2.47 bits per heavy atom. The van der Waals surface area contributed by atoms with E-state index in [4.69, 9.17) is 9.47 Å². The maximum atomic E-state index is 11.8. The zero-order valence-electron chi connectivity index (χ0n) is 19.4. The van der Waals surface area contributed by atoms with Crippen molar-refractivity contribution in [1.29, 1.82) is 0 Å². The number of fused-ring (bicyclic) bond motifs is 1. The van der Waals surface area contributed by atoms with Crippen molar-refractivity contribution >= 4 is 29.1 Å². The first-order valence-corrected chi connectivity index (χ1v) is 10.8. The van der Waals surface area contributed by atoms with E-state index < -0.39 is 5.97 Å². The highest BCUT2D eigenvalue weighted by Crippen LogP contribution is 2.33. The Bertz CT molecular complexity index is 1300. The smallest absolute Gasteiger partial charge is 0.339 e. The highest BCUT2D eigenvalue weighted by Gasteiger charge is 2.15. The van der Waals surface area contributed by atoms with Gasteiger partial charge in [0.05, 0.1) is 14.2 Å². The van der Waals surface area contributed by atoms with E-state index in [1.807, 2.05) is 36.4 Å². The Balaban J connectivity index is 0.00000324. The van der Waals surface area contributed by atoms with Crippen LogP contribution in [0.25, 0.3) is 21.9 Å². The lowest BCUT2D eigenvalue weighted by molar-refractivity contribution is 0.0693. The van der Waals surface area contributed by atoms with Gasteiger partial charge in [0.2, 0.25) is 0 Å². The molecular formula is C28H28ClNO4. The molecule has 0 aromatic heterocycles. The Kier molecular flexibility index (Phi) is 8.16. The normalized spacial score (nSPS) is 11.5. The molecule has 0 aliphatic heterocycles. The molecule has 4 aromatic carbocycles. The van der Waals surface area contributed by atoms with Gasteiger partial charge >= 0.3 is 5.97 Å². The van der Waals surface area contributed by atoms with Gasteiger partial charge in [0.25, 0.3) is 0 Å². The summed E-state index contributed by atoms with van der Waals surface area (Å²) in [6.07, 6.45) is 0. The van der Waals surface area contributed by atoms with Gasteiger partial charge in [-0.3, -0.25) is 0 Å². The zero-order valence-corrected chi connectivity index (χ0v) is 20.2. The summed E-state index contributed by atoms with van der Waals surface area (Å²) in [4.78, 5) is 11.8. The Morgan fingerprint density at radius 2 is 1.74 bits per heavy atom. The van der Waals surface area contributed by atoms with Gasteiger partial charge in [-0.15, -0.1) is 12.4 Å². The zero-order chi connectivity index (χ0) is 23.4. The number of hydrogen-bond donors (Lipinski definition) is 2. The van der Waals surface area contributed by atoms with Crippen LogP contribution < -0.4 is 14.8 Å². The van der Waals surface area contributed by atoms with Crippen LogP contribution in [-0.2, 0) is 6.54 Å². The van der Waals surface area contributed by atoms with Crippen LogP contribution in [0.5, 0.6) is 11.5 Å². The van der Waals surface area contributed by atoms with Crippen LogP contribution in [0.1, 0.15) is 34.5 Å². The number of rotatable bonds is 8. The van der Waals surface area contributed by atoms with Crippen molar-refractivity contribution in [3.63, 3.8) is 0 Å². The van der Waals surface area contributed by atoms with Crippen LogP contribution in [0.4, 0.5) is 0 Å².